The number of nitriles is 1. The van der Waals surface area contributed by atoms with E-state index in [1.165, 1.54) is 18.2 Å². The topological polar surface area (TPSA) is 52.9 Å². The normalized spacial score (nSPS) is 10.0. The highest BCUT2D eigenvalue weighted by molar-refractivity contribution is 5.92. The highest BCUT2D eigenvalue weighted by Gasteiger charge is 2.14. The van der Waals surface area contributed by atoms with Crippen LogP contribution < -0.4 is 5.32 Å². The standard InChI is InChI=1S/C15H9F3N2O/c16-11-2-1-3-12(17)10(11)7-15(21)20-14-5-4-9(8-19)6-13(14)18/h1-6H,7H2,(H,20,21). The summed E-state index contributed by atoms with van der Waals surface area (Å²) in [6.07, 6.45) is -0.558. The first-order valence-electron chi connectivity index (χ1n) is 5.93. The number of carbonyl (C=O) groups excluding carboxylic acids is 1. The van der Waals surface area contributed by atoms with E-state index in [0.29, 0.717) is 0 Å². The van der Waals surface area contributed by atoms with Crippen molar-refractivity contribution in [2.75, 3.05) is 5.32 Å². The highest BCUT2D eigenvalue weighted by Crippen LogP contribution is 2.17. The highest BCUT2D eigenvalue weighted by atomic mass is 19.1. The van der Waals surface area contributed by atoms with Gasteiger partial charge < -0.3 is 5.32 Å². The van der Waals surface area contributed by atoms with Gasteiger partial charge in [0, 0.05) is 5.56 Å². The van der Waals surface area contributed by atoms with Crippen LogP contribution in [0.15, 0.2) is 36.4 Å². The first kappa shape index (κ1) is 14.6. The van der Waals surface area contributed by atoms with E-state index in [9.17, 15) is 18.0 Å². The zero-order chi connectivity index (χ0) is 15.4. The Balaban J connectivity index is 2.14. The van der Waals surface area contributed by atoms with E-state index in [4.69, 9.17) is 5.26 Å². The Morgan fingerprint density at radius 1 is 1.10 bits per heavy atom. The quantitative estimate of drug-likeness (QED) is 0.944. The number of carbonyl (C=O) groups is 1. The lowest BCUT2D eigenvalue weighted by molar-refractivity contribution is -0.115. The molecule has 2 rings (SSSR count). The van der Waals surface area contributed by atoms with Crippen molar-refractivity contribution >= 4 is 11.6 Å². The predicted molar refractivity (Wildman–Crippen MR) is 69.8 cm³/mol. The lowest BCUT2D eigenvalue weighted by atomic mass is 10.1. The third kappa shape index (κ3) is 3.39. The molecule has 1 N–H and O–H groups in total. The molecular weight excluding hydrogens is 281 g/mol. The SMILES string of the molecule is N#Cc1ccc(NC(=O)Cc2c(F)cccc2F)c(F)c1. The first-order chi connectivity index (χ1) is 10.0. The smallest absolute Gasteiger partial charge is 0.229 e. The second-order valence-corrected chi connectivity index (χ2v) is 4.23. The molecule has 0 spiro atoms. The summed E-state index contributed by atoms with van der Waals surface area (Å²) in [5.41, 5.74) is -0.439. The van der Waals surface area contributed by atoms with E-state index in [2.05, 4.69) is 5.32 Å². The van der Waals surface area contributed by atoms with Gasteiger partial charge in [0.25, 0.3) is 0 Å². The molecule has 6 heteroatoms. The number of rotatable bonds is 3. The minimum atomic E-state index is -0.842. The summed E-state index contributed by atoms with van der Waals surface area (Å²) in [6, 6.07) is 8.50. The van der Waals surface area contributed by atoms with E-state index in [1.807, 2.05) is 0 Å². The molecular formula is C15H9F3N2O. The summed E-state index contributed by atoms with van der Waals surface area (Å²) < 4.78 is 40.4. The molecule has 0 saturated heterocycles. The Hall–Kier alpha value is -2.81. The Labute approximate surface area is 118 Å². The fraction of sp³-hybridized carbons (Fsp3) is 0.0667. The Kier molecular flexibility index (Phi) is 4.24. The number of nitrogens with one attached hydrogen (secondary N) is 1. The predicted octanol–water partition coefficient (Wildman–Crippen LogP) is 3.16. The van der Waals surface area contributed by atoms with E-state index in [-0.39, 0.29) is 16.8 Å². The molecule has 0 atom stereocenters. The van der Waals surface area contributed by atoms with Crippen molar-refractivity contribution in [2.45, 2.75) is 6.42 Å². The average molecular weight is 290 g/mol. The maximum absolute atomic E-state index is 13.6. The van der Waals surface area contributed by atoms with Crippen LogP contribution in [-0.2, 0) is 11.2 Å². The summed E-state index contributed by atoms with van der Waals surface area (Å²) in [7, 11) is 0. The van der Waals surface area contributed by atoms with Crippen LogP contribution in [0.4, 0.5) is 18.9 Å². The van der Waals surface area contributed by atoms with Gasteiger partial charge in [-0.1, -0.05) is 6.07 Å². The Bertz CT molecular complexity index is 718. The minimum Gasteiger partial charge on any atom is -0.323 e. The molecule has 0 unspecified atom stereocenters. The molecule has 0 aliphatic heterocycles. The maximum atomic E-state index is 13.6. The molecule has 2 aromatic rings. The zero-order valence-corrected chi connectivity index (χ0v) is 10.7. The summed E-state index contributed by atoms with van der Waals surface area (Å²) >= 11 is 0. The van der Waals surface area contributed by atoms with Gasteiger partial charge in [-0.3, -0.25) is 4.79 Å². The molecule has 3 nitrogen and oxygen atoms in total. The number of hydrogen-bond donors (Lipinski definition) is 1. The van der Waals surface area contributed by atoms with Gasteiger partial charge in [-0.15, -0.1) is 0 Å². The van der Waals surface area contributed by atoms with Crippen LogP contribution in [0.3, 0.4) is 0 Å². The molecule has 0 radical (unpaired) electrons. The van der Waals surface area contributed by atoms with Crippen LogP contribution in [0.1, 0.15) is 11.1 Å². The average Bonchev–Trinajstić information content (AvgIpc) is 2.45. The third-order valence-corrected chi connectivity index (χ3v) is 2.77. The molecule has 0 aliphatic carbocycles. The second kappa shape index (κ2) is 6.09. The number of anilines is 1. The van der Waals surface area contributed by atoms with Crippen molar-refractivity contribution in [3.05, 3.63) is 65.0 Å². The van der Waals surface area contributed by atoms with Crippen LogP contribution >= 0.6 is 0 Å². The number of halogens is 3. The number of amides is 1. The third-order valence-electron chi connectivity index (χ3n) is 2.77. The molecule has 0 saturated carbocycles. The maximum Gasteiger partial charge on any atom is 0.229 e. The minimum absolute atomic E-state index is 0.102. The molecule has 1 amide bonds. The molecule has 0 fully saturated rings. The van der Waals surface area contributed by atoms with Crippen molar-refractivity contribution in [2.24, 2.45) is 0 Å². The fourth-order valence-electron chi connectivity index (χ4n) is 1.74. The summed E-state index contributed by atoms with van der Waals surface area (Å²) in [5, 5.41) is 10.8. The lowest BCUT2D eigenvalue weighted by Gasteiger charge is -2.08. The number of nitrogens with zero attached hydrogens (tertiary/aromatic N) is 1. The molecule has 0 aliphatic rings. The van der Waals surface area contributed by atoms with Crippen molar-refractivity contribution in [3.63, 3.8) is 0 Å². The van der Waals surface area contributed by atoms with Crippen molar-refractivity contribution < 1.29 is 18.0 Å². The van der Waals surface area contributed by atoms with Gasteiger partial charge in [0.15, 0.2) is 0 Å². The monoisotopic (exact) mass is 290 g/mol. The van der Waals surface area contributed by atoms with Gasteiger partial charge in [-0.2, -0.15) is 5.26 Å². The first-order valence-corrected chi connectivity index (χ1v) is 5.93. The van der Waals surface area contributed by atoms with Crippen molar-refractivity contribution in [1.82, 2.24) is 0 Å². The van der Waals surface area contributed by atoms with Gasteiger partial charge in [0.2, 0.25) is 5.91 Å². The van der Waals surface area contributed by atoms with Crippen LogP contribution in [0.25, 0.3) is 0 Å². The molecule has 106 valence electrons. The van der Waals surface area contributed by atoms with Gasteiger partial charge in [-0.25, -0.2) is 13.2 Å². The largest absolute Gasteiger partial charge is 0.323 e. The van der Waals surface area contributed by atoms with E-state index >= 15 is 0 Å². The van der Waals surface area contributed by atoms with Crippen molar-refractivity contribution in [1.29, 1.82) is 5.26 Å². The van der Waals surface area contributed by atoms with Gasteiger partial charge >= 0.3 is 0 Å². The number of benzene rings is 2. The van der Waals surface area contributed by atoms with Gasteiger partial charge in [0.05, 0.1) is 23.7 Å². The van der Waals surface area contributed by atoms with E-state index in [1.54, 1.807) is 6.07 Å². The summed E-state index contributed by atoms with van der Waals surface area (Å²) in [5.74, 6) is -3.24. The Morgan fingerprint density at radius 3 is 2.33 bits per heavy atom. The van der Waals surface area contributed by atoms with Gasteiger partial charge in [0.1, 0.15) is 17.5 Å². The summed E-state index contributed by atoms with van der Waals surface area (Å²) in [4.78, 5) is 11.7. The lowest BCUT2D eigenvalue weighted by Crippen LogP contribution is -2.17. The van der Waals surface area contributed by atoms with Crippen LogP contribution in [0.2, 0.25) is 0 Å². The molecule has 0 heterocycles. The number of hydrogen-bond acceptors (Lipinski definition) is 2. The van der Waals surface area contributed by atoms with E-state index < -0.39 is 29.8 Å². The molecule has 0 bridgehead atoms. The fourth-order valence-corrected chi connectivity index (χ4v) is 1.74. The molecule has 2 aromatic carbocycles. The molecule has 21 heavy (non-hydrogen) atoms. The van der Waals surface area contributed by atoms with Crippen LogP contribution in [0, 0.1) is 28.8 Å². The molecule has 0 aromatic heterocycles. The van der Waals surface area contributed by atoms with Crippen LogP contribution in [-0.4, -0.2) is 5.91 Å². The second-order valence-electron chi connectivity index (χ2n) is 4.23. The Morgan fingerprint density at radius 2 is 1.76 bits per heavy atom. The summed E-state index contributed by atoms with van der Waals surface area (Å²) in [6.45, 7) is 0. The zero-order valence-electron chi connectivity index (χ0n) is 10.7. The van der Waals surface area contributed by atoms with E-state index in [0.717, 1.165) is 18.2 Å². The van der Waals surface area contributed by atoms with Crippen molar-refractivity contribution in [3.8, 4) is 6.07 Å². The van der Waals surface area contributed by atoms with Gasteiger partial charge in [-0.05, 0) is 30.3 Å². The van der Waals surface area contributed by atoms with Crippen LogP contribution in [0.5, 0.6) is 0 Å².